The summed E-state index contributed by atoms with van der Waals surface area (Å²) in [7, 11) is 1.42. The lowest BCUT2D eigenvalue weighted by Gasteiger charge is -2.17. The van der Waals surface area contributed by atoms with Gasteiger partial charge in [0.1, 0.15) is 17.6 Å². The minimum Gasteiger partial charge on any atom is -0.492 e. The van der Waals surface area contributed by atoms with E-state index in [0.29, 0.717) is 13.0 Å². The molecule has 0 radical (unpaired) electrons. The van der Waals surface area contributed by atoms with Crippen LogP contribution in [0.25, 0.3) is 11.1 Å². The van der Waals surface area contributed by atoms with Crippen LogP contribution in [0.15, 0.2) is 54.6 Å². The highest BCUT2D eigenvalue weighted by molar-refractivity contribution is 5.72. The number of fused-ring (bicyclic) bond motifs is 2. The molecule has 164 valence electrons. The monoisotopic (exact) mass is 428 g/mol. The second kappa shape index (κ2) is 8.34. The highest BCUT2D eigenvalue weighted by Gasteiger charge is 2.29. The molecule has 2 atom stereocenters. The molecule has 4 heteroatoms. The second-order valence-electron chi connectivity index (χ2n) is 8.81. The maximum absolute atomic E-state index is 11.6. The summed E-state index contributed by atoms with van der Waals surface area (Å²) in [5.41, 5.74) is 8.90. The van der Waals surface area contributed by atoms with E-state index in [-0.39, 0.29) is 18.0 Å². The van der Waals surface area contributed by atoms with E-state index in [2.05, 4.69) is 50.2 Å². The summed E-state index contributed by atoms with van der Waals surface area (Å²) in [6.07, 6.45) is 2.36. The van der Waals surface area contributed by atoms with Gasteiger partial charge in [-0.2, -0.15) is 0 Å². The fraction of sp³-hybridized carbons (Fsp3) is 0.321. The summed E-state index contributed by atoms with van der Waals surface area (Å²) in [5.74, 6) is 1.44. The Morgan fingerprint density at radius 3 is 2.59 bits per heavy atom. The number of carbonyl (C=O) groups is 1. The molecule has 2 unspecified atom stereocenters. The Labute approximate surface area is 189 Å². The van der Waals surface area contributed by atoms with Crippen LogP contribution in [0.4, 0.5) is 0 Å². The number of benzene rings is 3. The molecular formula is C28H28O4. The van der Waals surface area contributed by atoms with Crippen LogP contribution in [0.1, 0.15) is 52.7 Å². The first kappa shape index (κ1) is 20.6. The first-order valence-corrected chi connectivity index (χ1v) is 11.2. The van der Waals surface area contributed by atoms with Crippen molar-refractivity contribution in [1.82, 2.24) is 0 Å². The van der Waals surface area contributed by atoms with Crippen LogP contribution in [-0.4, -0.2) is 19.7 Å². The molecule has 4 nitrogen and oxygen atoms in total. The lowest BCUT2D eigenvalue weighted by Crippen LogP contribution is -2.09. The number of hydrogen-bond donors (Lipinski definition) is 0. The number of aryl methyl sites for hydroxylation is 3. The van der Waals surface area contributed by atoms with Crippen molar-refractivity contribution in [2.24, 2.45) is 0 Å². The summed E-state index contributed by atoms with van der Waals surface area (Å²) < 4.78 is 17.0. The van der Waals surface area contributed by atoms with Crippen LogP contribution in [0.3, 0.4) is 0 Å². The predicted octanol–water partition coefficient (Wildman–Crippen LogP) is 6.08. The molecule has 0 fully saturated rings. The molecule has 32 heavy (non-hydrogen) atoms. The molecule has 0 saturated heterocycles. The molecule has 0 bridgehead atoms. The van der Waals surface area contributed by atoms with Crippen molar-refractivity contribution in [3.05, 3.63) is 82.4 Å². The Balaban J connectivity index is 1.34. The van der Waals surface area contributed by atoms with Gasteiger partial charge in [0.05, 0.1) is 20.1 Å². The number of carbonyl (C=O) groups excluding carboxylic acids is 1. The maximum atomic E-state index is 11.6. The lowest BCUT2D eigenvalue weighted by molar-refractivity contribution is -0.141. The number of hydrogen-bond acceptors (Lipinski definition) is 4. The Bertz CT molecular complexity index is 1160. The van der Waals surface area contributed by atoms with Gasteiger partial charge in [0, 0.05) is 17.5 Å². The predicted molar refractivity (Wildman–Crippen MR) is 124 cm³/mol. The van der Waals surface area contributed by atoms with Gasteiger partial charge in [0.25, 0.3) is 0 Å². The zero-order valence-electron chi connectivity index (χ0n) is 18.8. The van der Waals surface area contributed by atoms with Crippen molar-refractivity contribution in [1.29, 1.82) is 0 Å². The van der Waals surface area contributed by atoms with E-state index in [0.717, 1.165) is 29.9 Å². The van der Waals surface area contributed by atoms with Crippen molar-refractivity contribution in [3.63, 3.8) is 0 Å². The van der Waals surface area contributed by atoms with Gasteiger partial charge in [-0.05, 0) is 66.1 Å². The molecule has 1 aliphatic carbocycles. The average Bonchev–Trinajstić information content (AvgIpc) is 3.37. The van der Waals surface area contributed by atoms with E-state index in [1.54, 1.807) is 0 Å². The summed E-state index contributed by atoms with van der Waals surface area (Å²) >= 11 is 0. The van der Waals surface area contributed by atoms with Gasteiger partial charge in [-0.3, -0.25) is 4.79 Å². The van der Waals surface area contributed by atoms with E-state index in [1.165, 1.54) is 40.5 Å². The van der Waals surface area contributed by atoms with Gasteiger partial charge in [0.15, 0.2) is 0 Å². The van der Waals surface area contributed by atoms with E-state index < -0.39 is 0 Å². The third-order valence-electron chi connectivity index (χ3n) is 6.72. The quantitative estimate of drug-likeness (QED) is 0.462. The molecule has 3 aromatic carbocycles. The molecule has 0 N–H and O–H groups in total. The Kier molecular flexibility index (Phi) is 5.38. The Hall–Kier alpha value is -3.27. The summed E-state index contributed by atoms with van der Waals surface area (Å²) in [5, 5.41) is 0. The topological polar surface area (TPSA) is 44.8 Å². The van der Waals surface area contributed by atoms with E-state index in [9.17, 15) is 4.79 Å². The van der Waals surface area contributed by atoms with Gasteiger partial charge in [0.2, 0.25) is 0 Å². The highest BCUT2D eigenvalue weighted by Crippen LogP contribution is 2.42. The van der Waals surface area contributed by atoms with Crippen LogP contribution in [0.5, 0.6) is 11.5 Å². The molecule has 0 amide bonds. The molecular weight excluding hydrogens is 400 g/mol. The number of esters is 1. The molecule has 1 heterocycles. The van der Waals surface area contributed by atoms with Gasteiger partial charge in [-0.15, -0.1) is 0 Å². The van der Waals surface area contributed by atoms with E-state index >= 15 is 0 Å². The molecule has 0 saturated carbocycles. The smallest absolute Gasteiger partial charge is 0.306 e. The fourth-order valence-electron chi connectivity index (χ4n) is 5.07. The number of methoxy groups -OCH3 is 1. The van der Waals surface area contributed by atoms with Crippen molar-refractivity contribution in [3.8, 4) is 22.6 Å². The van der Waals surface area contributed by atoms with Crippen LogP contribution in [0.2, 0.25) is 0 Å². The summed E-state index contributed by atoms with van der Waals surface area (Å²) in [6.45, 7) is 4.85. The third-order valence-corrected chi connectivity index (χ3v) is 6.72. The average molecular weight is 429 g/mol. The standard InChI is InChI=1S/C28H28O4/c1-17-5-4-6-18(2)28(17)20-7-10-23-19(13-20)8-12-25(23)32-22-9-11-24-21(14-27(29)30-3)16-31-26(24)15-22/h4-7,9-11,13,15,21,25H,8,12,14,16H2,1-3H3. The first-order chi connectivity index (χ1) is 15.5. The zero-order valence-corrected chi connectivity index (χ0v) is 18.8. The molecule has 1 aliphatic heterocycles. The van der Waals surface area contributed by atoms with E-state index in [4.69, 9.17) is 14.2 Å². The largest absolute Gasteiger partial charge is 0.492 e. The summed E-state index contributed by atoms with van der Waals surface area (Å²) in [6, 6.07) is 19.2. The zero-order chi connectivity index (χ0) is 22.2. The summed E-state index contributed by atoms with van der Waals surface area (Å²) in [4.78, 5) is 11.6. The second-order valence-corrected chi connectivity index (χ2v) is 8.81. The Morgan fingerprint density at radius 2 is 1.81 bits per heavy atom. The normalized spacial score (nSPS) is 18.6. The van der Waals surface area contributed by atoms with Gasteiger partial charge >= 0.3 is 5.97 Å². The molecule has 5 rings (SSSR count). The van der Waals surface area contributed by atoms with Crippen LogP contribution in [0, 0.1) is 13.8 Å². The molecule has 0 spiro atoms. The van der Waals surface area contributed by atoms with Gasteiger partial charge in [-0.1, -0.05) is 42.5 Å². The van der Waals surface area contributed by atoms with Crippen LogP contribution in [-0.2, 0) is 16.0 Å². The Morgan fingerprint density at radius 1 is 1.03 bits per heavy atom. The van der Waals surface area contributed by atoms with E-state index in [1.807, 2.05) is 18.2 Å². The molecule has 2 aliphatic rings. The van der Waals surface area contributed by atoms with Crippen molar-refractivity contribution < 1.29 is 19.0 Å². The molecule has 3 aromatic rings. The van der Waals surface area contributed by atoms with Gasteiger partial charge in [-0.25, -0.2) is 0 Å². The van der Waals surface area contributed by atoms with Crippen molar-refractivity contribution in [2.45, 2.75) is 45.1 Å². The van der Waals surface area contributed by atoms with Crippen molar-refractivity contribution in [2.75, 3.05) is 13.7 Å². The van der Waals surface area contributed by atoms with Crippen molar-refractivity contribution >= 4 is 5.97 Å². The third kappa shape index (κ3) is 3.75. The number of rotatable bonds is 5. The minimum atomic E-state index is -0.213. The maximum Gasteiger partial charge on any atom is 0.306 e. The van der Waals surface area contributed by atoms with Gasteiger partial charge < -0.3 is 14.2 Å². The molecule has 0 aromatic heterocycles. The first-order valence-electron chi connectivity index (χ1n) is 11.2. The fourth-order valence-corrected chi connectivity index (χ4v) is 5.07. The van der Waals surface area contributed by atoms with Crippen LogP contribution >= 0.6 is 0 Å². The number of ether oxygens (including phenoxy) is 3. The lowest BCUT2D eigenvalue weighted by atomic mass is 9.93. The highest BCUT2D eigenvalue weighted by atomic mass is 16.5. The van der Waals surface area contributed by atoms with Crippen LogP contribution < -0.4 is 9.47 Å². The minimum absolute atomic E-state index is 0.0435. The SMILES string of the molecule is COC(=O)CC1COc2cc(OC3CCc4cc(-c5c(C)cccc5C)ccc43)ccc21.